The van der Waals surface area contributed by atoms with Crippen molar-refractivity contribution < 1.29 is 34.2 Å². The normalized spacial score (nSPS) is 14.2. The van der Waals surface area contributed by atoms with E-state index < -0.39 is 60.4 Å². The molecule has 0 aliphatic rings. The van der Waals surface area contributed by atoms with Crippen molar-refractivity contribution in [2.75, 3.05) is 18.6 Å². The number of carbonyl (C=O) groups is 5. The molecule has 0 bridgehead atoms. The smallest absolute Gasteiger partial charge is 0.326 e. The van der Waals surface area contributed by atoms with Crippen molar-refractivity contribution in [3.63, 3.8) is 0 Å². The number of amides is 4. The van der Waals surface area contributed by atoms with Gasteiger partial charge in [0.15, 0.2) is 0 Å². The summed E-state index contributed by atoms with van der Waals surface area (Å²) in [5.41, 5.74) is 12.6. The van der Waals surface area contributed by atoms with E-state index in [-0.39, 0.29) is 19.3 Å². The van der Waals surface area contributed by atoms with Gasteiger partial charge < -0.3 is 42.6 Å². The number of aliphatic carboxylic acids is 1. The number of fused-ring (bicyclic) bond motifs is 1. The highest BCUT2D eigenvalue weighted by Gasteiger charge is 2.30. The minimum absolute atomic E-state index is 0.0486. The molecule has 2 rings (SSSR count). The number of aliphatic hydroxyl groups is 1. The number of aliphatic hydroxyl groups excluding tert-OH is 1. The topological polar surface area (TPSA) is 230 Å². The number of hydrogen-bond acceptors (Lipinski definition) is 8. The lowest BCUT2D eigenvalue weighted by Crippen LogP contribution is -2.58. The SMILES string of the molecule is CSCCC(N)C(=O)NC(Cc1c[nH]c2ccccc12)C(=O)NC(CO)C(=O)NC(CCC(N)=O)C(=O)O. The van der Waals surface area contributed by atoms with Gasteiger partial charge in [-0.15, -0.1) is 0 Å². The van der Waals surface area contributed by atoms with Crippen molar-refractivity contribution in [3.8, 4) is 0 Å². The van der Waals surface area contributed by atoms with Gasteiger partial charge in [0.1, 0.15) is 18.1 Å². The lowest BCUT2D eigenvalue weighted by atomic mass is 10.0. The van der Waals surface area contributed by atoms with E-state index in [2.05, 4.69) is 20.9 Å². The Kier molecular flexibility index (Phi) is 12.0. The third kappa shape index (κ3) is 9.04. The number of carboxylic acids is 1. The van der Waals surface area contributed by atoms with Gasteiger partial charge in [0.2, 0.25) is 23.6 Å². The van der Waals surface area contributed by atoms with E-state index in [1.54, 1.807) is 6.20 Å². The Hall–Kier alpha value is -3.62. The number of carbonyl (C=O) groups excluding carboxylic acids is 4. The Morgan fingerprint density at radius 1 is 0.974 bits per heavy atom. The van der Waals surface area contributed by atoms with E-state index >= 15 is 0 Å². The molecule has 1 heterocycles. The molecule has 0 aliphatic carbocycles. The van der Waals surface area contributed by atoms with Gasteiger partial charge in [0.25, 0.3) is 0 Å². The van der Waals surface area contributed by atoms with Crippen LogP contribution in [0, 0.1) is 0 Å². The predicted octanol–water partition coefficient (Wildman–Crippen LogP) is -1.41. The second-order valence-corrected chi connectivity index (χ2v) is 9.65. The van der Waals surface area contributed by atoms with Crippen LogP contribution in [0.25, 0.3) is 10.9 Å². The van der Waals surface area contributed by atoms with E-state index in [1.165, 1.54) is 11.8 Å². The van der Waals surface area contributed by atoms with Crippen LogP contribution >= 0.6 is 11.8 Å². The maximum Gasteiger partial charge on any atom is 0.326 e. The first-order valence-electron chi connectivity index (χ1n) is 11.9. The molecule has 14 heteroatoms. The van der Waals surface area contributed by atoms with Crippen LogP contribution in [0.2, 0.25) is 0 Å². The highest BCUT2D eigenvalue weighted by Crippen LogP contribution is 2.19. The molecule has 208 valence electrons. The minimum atomic E-state index is -1.52. The van der Waals surface area contributed by atoms with Crippen LogP contribution < -0.4 is 27.4 Å². The Morgan fingerprint density at radius 2 is 1.61 bits per heavy atom. The molecule has 10 N–H and O–H groups in total. The van der Waals surface area contributed by atoms with Crippen molar-refractivity contribution in [2.24, 2.45) is 11.5 Å². The van der Waals surface area contributed by atoms with Crippen LogP contribution in [0.5, 0.6) is 0 Å². The predicted molar refractivity (Wildman–Crippen MR) is 142 cm³/mol. The van der Waals surface area contributed by atoms with Gasteiger partial charge in [0.05, 0.1) is 12.6 Å². The summed E-state index contributed by atoms with van der Waals surface area (Å²) in [6, 6.07) is 2.38. The molecule has 4 atom stereocenters. The quantitative estimate of drug-likeness (QED) is 0.122. The molecule has 0 saturated heterocycles. The molecule has 2 aromatic rings. The van der Waals surface area contributed by atoms with Crippen LogP contribution in [-0.2, 0) is 30.4 Å². The molecule has 13 nitrogen and oxygen atoms in total. The summed E-state index contributed by atoms with van der Waals surface area (Å²) in [6.45, 7) is -0.847. The van der Waals surface area contributed by atoms with Crippen LogP contribution in [0.15, 0.2) is 30.5 Å². The number of hydrogen-bond donors (Lipinski definition) is 8. The van der Waals surface area contributed by atoms with Gasteiger partial charge in [-0.3, -0.25) is 19.2 Å². The molecule has 0 fully saturated rings. The highest BCUT2D eigenvalue weighted by atomic mass is 32.2. The van der Waals surface area contributed by atoms with Gasteiger partial charge in [-0.05, 0) is 36.5 Å². The number of aromatic amines is 1. The van der Waals surface area contributed by atoms with E-state index in [1.807, 2.05) is 30.5 Å². The van der Waals surface area contributed by atoms with Crippen molar-refractivity contribution in [3.05, 3.63) is 36.0 Å². The largest absolute Gasteiger partial charge is 0.480 e. The van der Waals surface area contributed by atoms with Crippen LogP contribution in [0.1, 0.15) is 24.8 Å². The van der Waals surface area contributed by atoms with E-state index in [0.29, 0.717) is 12.2 Å². The standard InChI is InChI=1S/C24H34N6O7S/c1-38-9-8-15(25)21(33)29-18(10-13-11-27-16-5-3-2-4-14(13)16)22(34)30-19(12-31)23(35)28-17(24(36)37)6-7-20(26)32/h2-5,11,15,17-19,27,31H,6-10,12,25H2,1H3,(H2,26,32)(H,28,35)(H,29,33)(H,30,34)(H,36,37). The number of nitrogens with one attached hydrogen (secondary N) is 4. The monoisotopic (exact) mass is 550 g/mol. The first-order valence-corrected chi connectivity index (χ1v) is 13.3. The number of nitrogens with two attached hydrogens (primary N) is 2. The summed E-state index contributed by atoms with van der Waals surface area (Å²) in [5.74, 6) is -3.83. The zero-order chi connectivity index (χ0) is 28.2. The molecule has 4 unspecified atom stereocenters. The summed E-state index contributed by atoms with van der Waals surface area (Å²) in [6.07, 6.45) is 3.46. The third-order valence-corrected chi connectivity index (χ3v) is 6.46. The molecule has 1 aromatic carbocycles. The zero-order valence-corrected chi connectivity index (χ0v) is 21.8. The Labute approximate surface area is 223 Å². The van der Waals surface area contributed by atoms with Gasteiger partial charge in [-0.2, -0.15) is 11.8 Å². The fraction of sp³-hybridized carbons (Fsp3) is 0.458. The molecule has 38 heavy (non-hydrogen) atoms. The number of carboxylic acid groups (broad SMARTS) is 1. The average molecular weight is 551 g/mol. The van der Waals surface area contributed by atoms with E-state index in [4.69, 9.17) is 11.5 Å². The summed E-state index contributed by atoms with van der Waals surface area (Å²) < 4.78 is 0. The van der Waals surface area contributed by atoms with Crippen LogP contribution in [-0.4, -0.2) is 87.6 Å². The number of para-hydroxylation sites is 1. The number of benzene rings is 1. The summed E-state index contributed by atoms with van der Waals surface area (Å²) >= 11 is 1.52. The molecular formula is C24H34N6O7S. The Bertz CT molecular complexity index is 1140. The Morgan fingerprint density at radius 3 is 2.24 bits per heavy atom. The molecule has 0 spiro atoms. The number of H-pyrrole nitrogens is 1. The number of primary amides is 1. The average Bonchev–Trinajstić information content (AvgIpc) is 3.29. The number of aromatic nitrogens is 1. The maximum absolute atomic E-state index is 13.2. The van der Waals surface area contributed by atoms with Crippen LogP contribution in [0.4, 0.5) is 0 Å². The molecule has 1 aromatic heterocycles. The van der Waals surface area contributed by atoms with E-state index in [0.717, 1.165) is 16.5 Å². The molecule has 4 amide bonds. The number of thioether (sulfide) groups is 1. The molecule has 0 saturated carbocycles. The summed E-state index contributed by atoms with van der Waals surface area (Å²) in [7, 11) is 0. The first kappa shape index (κ1) is 30.6. The van der Waals surface area contributed by atoms with E-state index in [9.17, 15) is 34.2 Å². The maximum atomic E-state index is 13.2. The molecule has 0 radical (unpaired) electrons. The highest BCUT2D eigenvalue weighted by molar-refractivity contribution is 7.98. The fourth-order valence-corrected chi connectivity index (χ4v) is 4.16. The lowest BCUT2D eigenvalue weighted by Gasteiger charge is -2.24. The number of rotatable bonds is 16. The van der Waals surface area contributed by atoms with Crippen molar-refractivity contribution in [1.82, 2.24) is 20.9 Å². The second kappa shape index (κ2) is 15.0. The lowest BCUT2D eigenvalue weighted by molar-refractivity contribution is -0.143. The minimum Gasteiger partial charge on any atom is -0.480 e. The summed E-state index contributed by atoms with van der Waals surface area (Å²) in [4.78, 5) is 64.2. The van der Waals surface area contributed by atoms with Gasteiger partial charge in [-0.25, -0.2) is 4.79 Å². The fourth-order valence-electron chi connectivity index (χ4n) is 3.67. The zero-order valence-electron chi connectivity index (χ0n) is 20.9. The second-order valence-electron chi connectivity index (χ2n) is 8.66. The van der Waals surface area contributed by atoms with Crippen molar-refractivity contribution in [1.29, 1.82) is 0 Å². The Balaban J connectivity index is 2.20. The van der Waals surface area contributed by atoms with Gasteiger partial charge >= 0.3 is 5.97 Å². The first-order chi connectivity index (χ1) is 18.1. The van der Waals surface area contributed by atoms with Crippen molar-refractivity contribution in [2.45, 2.75) is 49.9 Å². The van der Waals surface area contributed by atoms with Gasteiger partial charge in [0, 0.05) is 29.9 Å². The molecule has 0 aliphatic heterocycles. The summed E-state index contributed by atoms with van der Waals surface area (Å²) in [5, 5.41) is 27.1. The molecular weight excluding hydrogens is 516 g/mol. The van der Waals surface area contributed by atoms with Gasteiger partial charge in [-0.1, -0.05) is 18.2 Å². The third-order valence-electron chi connectivity index (χ3n) is 5.81. The van der Waals surface area contributed by atoms with Crippen molar-refractivity contribution >= 4 is 52.3 Å². The van der Waals surface area contributed by atoms with Crippen LogP contribution in [0.3, 0.4) is 0 Å².